The zero-order valence-electron chi connectivity index (χ0n) is 9.72. The molecule has 0 amide bonds. The van der Waals surface area contributed by atoms with Crippen LogP contribution >= 0.6 is 0 Å². The smallest absolute Gasteiger partial charge is 0.237 e. The number of hydrogen-bond donors (Lipinski definition) is 1. The molecule has 1 aliphatic heterocycles. The first-order valence-electron chi connectivity index (χ1n) is 5.77. The first kappa shape index (κ1) is 11.2. The predicted molar refractivity (Wildman–Crippen MR) is 64.4 cm³/mol. The van der Waals surface area contributed by atoms with Crippen LogP contribution < -0.4 is 10.5 Å². The third kappa shape index (κ3) is 2.85. The topological polar surface area (TPSA) is 51.4 Å². The number of hydrogen-bond acceptors (Lipinski definition) is 4. The predicted octanol–water partition coefficient (Wildman–Crippen LogP) is 1.38. The molecule has 0 aliphatic carbocycles. The quantitative estimate of drug-likeness (QED) is 0.838. The Hall–Kier alpha value is -1.29. The van der Waals surface area contributed by atoms with Gasteiger partial charge in [-0.2, -0.15) is 0 Å². The average Bonchev–Trinajstić information content (AvgIpc) is 2.28. The summed E-state index contributed by atoms with van der Waals surface area (Å²) in [6, 6.07) is 3.63. The van der Waals surface area contributed by atoms with Gasteiger partial charge in [0.1, 0.15) is 0 Å². The molecule has 4 heteroatoms. The Morgan fingerprint density at radius 2 is 2.50 bits per heavy atom. The highest BCUT2D eigenvalue weighted by molar-refractivity contribution is 5.46. The van der Waals surface area contributed by atoms with Crippen LogP contribution in [0.3, 0.4) is 0 Å². The second kappa shape index (κ2) is 5.16. The molecule has 2 heterocycles. The normalized spacial score (nSPS) is 21.9. The molecule has 1 aliphatic rings. The molecule has 2 rings (SSSR count). The zero-order valence-corrected chi connectivity index (χ0v) is 9.72. The minimum atomic E-state index is 0.565. The van der Waals surface area contributed by atoms with E-state index in [9.17, 15) is 0 Å². The summed E-state index contributed by atoms with van der Waals surface area (Å²) in [5.74, 6) is 1.16. The Morgan fingerprint density at radius 3 is 3.25 bits per heavy atom. The number of anilines is 1. The Morgan fingerprint density at radius 1 is 1.62 bits per heavy atom. The van der Waals surface area contributed by atoms with E-state index in [0.717, 1.165) is 6.54 Å². The molecule has 1 unspecified atom stereocenters. The molecule has 0 bridgehead atoms. The number of nitrogen functional groups attached to an aromatic ring is 1. The number of nitrogens with zero attached hydrogens (tertiary/aromatic N) is 2. The van der Waals surface area contributed by atoms with Gasteiger partial charge in [-0.15, -0.1) is 0 Å². The van der Waals surface area contributed by atoms with E-state index >= 15 is 0 Å². The van der Waals surface area contributed by atoms with Gasteiger partial charge < -0.3 is 15.4 Å². The second-order valence-electron chi connectivity index (χ2n) is 4.48. The van der Waals surface area contributed by atoms with E-state index in [1.165, 1.54) is 19.4 Å². The van der Waals surface area contributed by atoms with E-state index in [-0.39, 0.29) is 0 Å². The van der Waals surface area contributed by atoms with Crippen LogP contribution in [-0.4, -0.2) is 36.6 Å². The van der Waals surface area contributed by atoms with E-state index in [1.54, 1.807) is 6.20 Å². The van der Waals surface area contributed by atoms with Gasteiger partial charge in [-0.25, -0.2) is 4.98 Å². The van der Waals surface area contributed by atoms with Crippen LogP contribution in [0.4, 0.5) is 5.69 Å². The fourth-order valence-electron chi connectivity index (χ4n) is 2.13. The lowest BCUT2D eigenvalue weighted by molar-refractivity contribution is 0.148. The number of aromatic nitrogens is 1. The van der Waals surface area contributed by atoms with Crippen molar-refractivity contribution in [2.24, 2.45) is 5.92 Å². The van der Waals surface area contributed by atoms with Gasteiger partial charge in [-0.3, -0.25) is 0 Å². The first-order chi connectivity index (χ1) is 7.75. The minimum Gasteiger partial charge on any atom is -0.476 e. The van der Waals surface area contributed by atoms with Gasteiger partial charge in [0, 0.05) is 18.7 Å². The van der Waals surface area contributed by atoms with Crippen molar-refractivity contribution < 1.29 is 4.74 Å². The maximum atomic E-state index is 5.77. The van der Waals surface area contributed by atoms with Crippen molar-refractivity contribution in [2.45, 2.75) is 12.8 Å². The van der Waals surface area contributed by atoms with Gasteiger partial charge in [0.2, 0.25) is 5.88 Å². The minimum absolute atomic E-state index is 0.565. The van der Waals surface area contributed by atoms with Crippen LogP contribution in [0.15, 0.2) is 18.3 Å². The summed E-state index contributed by atoms with van der Waals surface area (Å²) >= 11 is 0. The molecule has 2 N–H and O–H groups in total. The van der Waals surface area contributed by atoms with Crippen LogP contribution in [0, 0.1) is 5.92 Å². The summed E-state index contributed by atoms with van der Waals surface area (Å²) in [5, 5.41) is 0. The van der Waals surface area contributed by atoms with E-state index < -0.39 is 0 Å². The number of piperidine rings is 1. The SMILES string of the molecule is CN1CCCC(COc2ncccc2N)C1. The molecule has 0 aromatic carbocycles. The van der Waals surface area contributed by atoms with E-state index in [0.29, 0.717) is 24.1 Å². The Bertz CT molecular complexity index is 343. The summed E-state index contributed by atoms with van der Waals surface area (Å²) in [6.07, 6.45) is 4.19. The number of pyridine rings is 1. The standard InChI is InChI=1S/C12H19N3O/c1-15-7-3-4-10(8-15)9-16-12-11(13)5-2-6-14-12/h2,5-6,10H,3-4,7-9,13H2,1H3. The fraction of sp³-hybridized carbons (Fsp3) is 0.583. The van der Waals surface area contributed by atoms with Crippen molar-refractivity contribution in [3.8, 4) is 5.88 Å². The van der Waals surface area contributed by atoms with Gasteiger partial charge in [-0.1, -0.05) is 0 Å². The second-order valence-corrected chi connectivity index (χ2v) is 4.48. The number of rotatable bonds is 3. The van der Waals surface area contributed by atoms with Gasteiger partial charge in [0.05, 0.1) is 12.3 Å². The first-order valence-corrected chi connectivity index (χ1v) is 5.77. The molecule has 1 aromatic heterocycles. The summed E-state index contributed by atoms with van der Waals surface area (Å²) in [7, 11) is 2.15. The molecule has 4 nitrogen and oxygen atoms in total. The molecular weight excluding hydrogens is 202 g/mol. The van der Waals surface area contributed by atoms with Crippen molar-refractivity contribution >= 4 is 5.69 Å². The average molecular weight is 221 g/mol. The fourth-order valence-corrected chi connectivity index (χ4v) is 2.13. The maximum absolute atomic E-state index is 5.77. The summed E-state index contributed by atoms with van der Waals surface area (Å²) in [5.41, 5.74) is 6.38. The molecule has 1 fully saturated rings. The van der Waals surface area contributed by atoms with Crippen molar-refractivity contribution in [1.29, 1.82) is 0 Å². The van der Waals surface area contributed by atoms with Crippen molar-refractivity contribution in [2.75, 3.05) is 32.5 Å². The molecule has 1 saturated heterocycles. The van der Waals surface area contributed by atoms with Crippen molar-refractivity contribution in [3.63, 3.8) is 0 Å². The van der Waals surface area contributed by atoms with Gasteiger partial charge in [0.15, 0.2) is 0 Å². The lowest BCUT2D eigenvalue weighted by Crippen LogP contribution is -2.34. The molecule has 0 saturated carbocycles. The highest BCUT2D eigenvalue weighted by Crippen LogP contribution is 2.20. The van der Waals surface area contributed by atoms with Crippen LogP contribution in [0.25, 0.3) is 0 Å². The molecular formula is C12H19N3O. The molecule has 16 heavy (non-hydrogen) atoms. The van der Waals surface area contributed by atoms with Crippen molar-refractivity contribution in [3.05, 3.63) is 18.3 Å². The monoisotopic (exact) mass is 221 g/mol. The van der Waals surface area contributed by atoms with E-state index in [4.69, 9.17) is 10.5 Å². The Balaban J connectivity index is 1.85. The van der Waals surface area contributed by atoms with Gasteiger partial charge >= 0.3 is 0 Å². The zero-order chi connectivity index (χ0) is 11.4. The Kier molecular flexibility index (Phi) is 3.62. The van der Waals surface area contributed by atoms with Crippen molar-refractivity contribution in [1.82, 2.24) is 9.88 Å². The molecule has 0 radical (unpaired) electrons. The summed E-state index contributed by atoms with van der Waals surface area (Å²) < 4.78 is 5.66. The number of likely N-dealkylation sites (tertiary alicyclic amines) is 1. The largest absolute Gasteiger partial charge is 0.476 e. The van der Waals surface area contributed by atoms with Crippen LogP contribution in [0.2, 0.25) is 0 Å². The van der Waals surface area contributed by atoms with Crippen LogP contribution in [0.1, 0.15) is 12.8 Å². The Labute approximate surface area is 96.4 Å². The van der Waals surface area contributed by atoms with Crippen LogP contribution in [0.5, 0.6) is 5.88 Å². The third-order valence-corrected chi connectivity index (χ3v) is 2.98. The third-order valence-electron chi connectivity index (χ3n) is 2.98. The summed E-state index contributed by atoms with van der Waals surface area (Å²) in [4.78, 5) is 6.47. The van der Waals surface area contributed by atoms with E-state index in [1.807, 2.05) is 12.1 Å². The van der Waals surface area contributed by atoms with E-state index in [2.05, 4.69) is 16.9 Å². The molecule has 0 spiro atoms. The van der Waals surface area contributed by atoms with Gasteiger partial charge in [-0.05, 0) is 38.6 Å². The molecule has 1 atom stereocenters. The number of ether oxygens (including phenoxy) is 1. The van der Waals surface area contributed by atoms with Gasteiger partial charge in [0.25, 0.3) is 0 Å². The maximum Gasteiger partial charge on any atom is 0.237 e. The lowest BCUT2D eigenvalue weighted by Gasteiger charge is -2.29. The molecule has 1 aromatic rings. The van der Waals surface area contributed by atoms with Crippen LogP contribution in [-0.2, 0) is 0 Å². The molecule has 88 valence electrons. The lowest BCUT2D eigenvalue weighted by atomic mass is 10.00. The highest BCUT2D eigenvalue weighted by atomic mass is 16.5. The number of nitrogens with two attached hydrogens (primary N) is 1. The highest BCUT2D eigenvalue weighted by Gasteiger charge is 2.18. The summed E-state index contributed by atoms with van der Waals surface area (Å²) in [6.45, 7) is 3.01.